The zero-order chi connectivity index (χ0) is 21.1. The minimum Gasteiger partial charge on any atom is -0.872 e. The number of carbonyl (C=O) groups excluding carboxylic acids is 1. The lowest BCUT2D eigenvalue weighted by atomic mass is 10.1. The van der Waals surface area contributed by atoms with Crippen molar-refractivity contribution in [2.75, 3.05) is 4.90 Å². The van der Waals surface area contributed by atoms with E-state index >= 15 is 0 Å². The van der Waals surface area contributed by atoms with Crippen molar-refractivity contribution in [3.05, 3.63) is 99.4 Å². The van der Waals surface area contributed by atoms with Crippen molar-refractivity contribution in [2.24, 2.45) is 4.99 Å². The van der Waals surface area contributed by atoms with Crippen molar-refractivity contribution in [3.8, 4) is 5.75 Å². The molecule has 0 unspecified atom stereocenters. The molecule has 30 heavy (non-hydrogen) atoms. The average molecular weight is 416 g/mol. The summed E-state index contributed by atoms with van der Waals surface area (Å²) in [5.41, 5.74) is 1.17. The Bertz CT molecular complexity index is 1180. The summed E-state index contributed by atoms with van der Waals surface area (Å²) in [4.78, 5) is 29.9. The molecule has 148 valence electrons. The first-order valence-electron chi connectivity index (χ1n) is 8.91. The quantitative estimate of drug-likeness (QED) is 0.355. The number of hydrogen-bond donors (Lipinski definition) is 0. The number of nitro groups is 1. The molecule has 0 saturated carbocycles. The van der Waals surface area contributed by atoms with Crippen LogP contribution in [0.25, 0.3) is 6.08 Å². The van der Waals surface area contributed by atoms with Crippen LogP contribution in [-0.2, 0) is 4.79 Å². The Hall–Kier alpha value is -3.91. The maximum atomic E-state index is 13.2. The van der Waals surface area contributed by atoms with Gasteiger partial charge in [-0.05, 0) is 47.7 Å². The summed E-state index contributed by atoms with van der Waals surface area (Å²) < 4.78 is 0. The Kier molecular flexibility index (Phi) is 5.32. The van der Waals surface area contributed by atoms with E-state index in [0.717, 1.165) is 23.9 Å². The summed E-state index contributed by atoms with van der Waals surface area (Å²) in [6.07, 6.45) is 1.38. The second-order valence-electron chi connectivity index (χ2n) is 6.30. The molecular formula is C22H14N3O4S-. The summed E-state index contributed by atoms with van der Waals surface area (Å²) in [6.45, 7) is 0. The van der Waals surface area contributed by atoms with Gasteiger partial charge in [-0.3, -0.25) is 19.8 Å². The van der Waals surface area contributed by atoms with Gasteiger partial charge in [-0.15, -0.1) is 5.75 Å². The van der Waals surface area contributed by atoms with Gasteiger partial charge in [0.25, 0.3) is 11.6 Å². The third-order valence-electron chi connectivity index (χ3n) is 4.29. The standard InChI is InChI=1S/C22H15N3O4S/c26-19-12-11-18(25(28)29)13-15(19)14-20-21(27)24(17-9-5-2-6-10-17)22(30-20)23-16-7-3-1-4-8-16/h1-14,26H/p-1/b20-14-,23-22?. The number of non-ortho nitro benzene ring substituents is 1. The van der Waals surface area contributed by atoms with Crippen molar-refractivity contribution >= 4 is 46.0 Å². The summed E-state index contributed by atoms with van der Waals surface area (Å²) in [7, 11) is 0. The summed E-state index contributed by atoms with van der Waals surface area (Å²) in [5.74, 6) is -0.756. The van der Waals surface area contributed by atoms with Gasteiger partial charge in [0, 0.05) is 12.1 Å². The van der Waals surface area contributed by atoms with Gasteiger partial charge in [-0.1, -0.05) is 42.5 Å². The molecule has 0 N–H and O–H groups in total. The fourth-order valence-electron chi connectivity index (χ4n) is 2.87. The Morgan fingerprint density at radius 1 is 0.967 bits per heavy atom. The minimum atomic E-state index is -0.580. The zero-order valence-corrected chi connectivity index (χ0v) is 16.3. The molecule has 0 spiro atoms. The van der Waals surface area contributed by atoms with Crippen LogP contribution in [-0.4, -0.2) is 16.0 Å². The Labute approximate surface area is 176 Å². The molecule has 1 heterocycles. The molecular weight excluding hydrogens is 402 g/mol. The van der Waals surface area contributed by atoms with E-state index in [9.17, 15) is 20.0 Å². The number of nitrogens with zero attached hydrogens (tertiary/aromatic N) is 3. The first-order valence-corrected chi connectivity index (χ1v) is 9.73. The molecule has 8 heteroatoms. The summed E-state index contributed by atoms with van der Waals surface area (Å²) >= 11 is 1.11. The second kappa shape index (κ2) is 8.22. The molecule has 1 amide bonds. The molecule has 7 nitrogen and oxygen atoms in total. The monoisotopic (exact) mass is 416 g/mol. The van der Waals surface area contributed by atoms with E-state index in [1.54, 1.807) is 12.1 Å². The van der Waals surface area contributed by atoms with Crippen molar-refractivity contribution in [2.45, 2.75) is 0 Å². The zero-order valence-electron chi connectivity index (χ0n) is 15.5. The number of carbonyl (C=O) groups is 1. The predicted molar refractivity (Wildman–Crippen MR) is 116 cm³/mol. The summed E-state index contributed by atoms with van der Waals surface area (Å²) in [5, 5.41) is 23.7. The van der Waals surface area contributed by atoms with Crippen LogP contribution in [0.4, 0.5) is 17.1 Å². The molecule has 1 aliphatic heterocycles. The minimum absolute atomic E-state index is 0.0778. The van der Waals surface area contributed by atoms with E-state index in [0.29, 0.717) is 16.5 Å². The fourth-order valence-corrected chi connectivity index (χ4v) is 3.86. The van der Waals surface area contributed by atoms with Gasteiger partial charge in [-0.2, -0.15) is 0 Å². The highest BCUT2D eigenvalue weighted by molar-refractivity contribution is 8.19. The molecule has 1 aliphatic rings. The largest absolute Gasteiger partial charge is 0.872 e. The lowest BCUT2D eigenvalue weighted by Crippen LogP contribution is -2.28. The van der Waals surface area contributed by atoms with Gasteiger partial charge < -0.3 is 5.11 Å². The van der Waals surface area contributed by atoms with Gasteiger partial charge in [0.2, 0.25) is 0 Å². The van der Waals surface area contributed by atoms with Crippen molar-refractivity contribution in [1.82, 2.24) is 0 Å². The van der Waals surface area contributed by atoms with Crippen LogP contribution in [0.5, 0.6) is 5.75 Å². The van der Waals surface area contributed by atoms with Crippen LogP contribution < -0.4 is 10.0 Å². The molecule has 0 bridgehead atoms. The molecule has 0 aromatic heterocycles. The highest BCUT2D eigenvalue weighted by atomic mass is 32.2. The molecule has 3 aromatic carbocycles. The van der Waals surface area contributed by atoms with E-state index in [1.807, 2.05) is 48.5 Å². The highest BCUT2D eigenvalue weighted by Crippen LogP contribution is 2.38. The number of amidine groups is 1. The van der Waals surface area contributed by atoms with E-state index in [2.05, 4.69) is 4.99 Å². The maximum absolute atomic E-state index is 13.2. The Morgan fingerprint density at radius 3 is 2.30 bits per heavy atom. The van der Waals surface area contributed by atoms with Gasteiger partial charge >= 0.3 is 0 Å². The SMILES string of the molecule is O=C1/C(=C/c2cc([N+](=O)[O-])ccc2[O-])SC(=Nc2ccccc2)N1c1ccccc1. The normalized spacial score (nSPS) is 16.4. The Morgan fingerprint density at radius 2 is 1.63 bits per heavy atom. The van der Waals surface area contributed by atoms with E-state index in [4.69, 9.17) is 0 Å². The maximum Gasteiger partial charge on any atom is 0.271 e. The molecule has 3 aromatic rings. The molecule has 0 aliphatic carbocycles. The second-order valence-corrected chi connectivity index (χ2v) is 7.31. The van der Waals surface area contributed by atoms with E-state index in [-0.39, 0.29) is 22.1 Å². The van der Waals surface area contributed by atoms with E-state index < -0.39 is 10.7 Å². The van der Waals surface area contributed by atoms with Crippen LogP contribution in [0.15, 0.2) is 88.8 Å². The number of aliphatic imine (C=N–C) groups is 1. The third-order valence-corrected chi connectivity index (χ3v) is 5.26. The van der Waals surface area contributed by atoms with Gasteiger partial charge in [0.1, 0.15) is 0 Å². The molecule has 0 atom stereocenters. The summed E-state index contributed by atoms with van der Waals surface area (Å²) in [6, 6.07) is 21.7. The first-order chi connectivity index (χ1) is 14.5. The topological polar surface area (TPSA) is 98.9 Å². The van der Waals surface area contributed by atoms with Gasteiger partial charge in [0.15, 0.2) is 5.17 Å². The van der Waals surface area contributed by atoms with Crippen molar-refractivity contribution < 1.29 is 14.8 Å². The van der Waals surface area contributed by atoms with Crippen LogP contribution >= 0.6 is 11.8 Å². The van der Waals surface area contributed by atoms with Crippen molar-refractivity contribution in [1.29, 1.82) is 0 Å². The number of rotatable bonds is 4. The number of para-hydroxylation sites is 2. The number of benzene rings is 3. The smallest absolute Gasteiger partial charge is 0.271 e. The van der Waals surface area contributed by atoms with Crippen LogP contribution in [0.2, 0.25) is 0 Å². The average Bonchev–Trinajstić information content (AvgIpc) is 3.05. The number of amides is 1. The third kappa shape index (κ3) is 3.94. The Balaban J connectivity index is 1.79. The molecule has 4 rings (SSSR count). The van der Waals surface area contributed by atoms with Crippen molar-refractivity contribution in [3.63, 3.8) is 0 Å². The number of nitro benzene ring substituents is 1. The predicted octanol–water partition coefficient (Wildman–Crippen LogP) is 4.48. The number of thioether (sulfide) groups is 1. The van der Waals surface area contributed by atoms with Gasteiger partial charge in [0.05, 0.1) is 21.2 Å². The molecule has 0 radical (unpaired) electrons. The molecule has 1 fully saturated rings. The lowest BCUT2D eigenvalue weighted by Gasteiger charge is -2.15. The van der Waals surface area contributed by atoms with E-state index in [1.165, 1.54) is 17.0 Å². The fraction of sp³-hybridized carbons (Fsp3) is 0. The van der Waals surface area contributed by atoms with Crippen LogP contribution in [0, 0.1) is 10.1 Å². The van der Waals surface area contributed by atoms with Crippen LogP contribution in [0.3, 0.4) is 0 Å². The van der Waals surface area contributed by atoms with Crippen LogP contribution in [0.1, 0.15) is 5.56 Å². The van der Waals surface area contributed by atoms with Gasteiger partial charge in [-0.25, -0.2) is 4.99 Å². The first kappa shape index (κ1) is 19.4. The molecule has 1 saturated heterocycles. The highest BCUT2D eigenvalue weighted by Gasteiger charge is 2.34. The lowest BCUT2D eigenvalue weighted by molar-refractivity contribution is -0.385. The number of hydrogen-bond acceptors (Lipinski definition) is 6. The number of anilines is 1.